The summed E-state index contributed by atoms with van der Waals surface area (Å²) in [6, 6.07) is 17.0. The van der Waals surface area contributed by atoms with E-state index in [0.29, 0.717) is 17.2 Å². The van der Waals surface area contributed by atoms with Crippen LogP contribution >= 0.6 is 0 Å². The minimum absolute atomic E-state index is 0.0217. The van der Waals surface area contributed by atoms with Gasteiger partial charge < -0.3 is 19.5 Å². The van der Waals surface area contributed by atoms with Crippen LogP contribution in [0.3, 0.4) is 0 Å². The summed E-state index contributed by atoms with van der Waals surface area (Å²) in [5.74, 6) is 0.934. The zero-order valence-electron chi connectivity index (χ0n) is 21.2. The molecule has 0 radical (unpaired) electrons. The largest absolute Gasteiger partial charge is 0.493 e. The molecule has 36 heavy (non-hydrogen) atoms. The molecular weight excluding hydrogens is 480 g/mol. The lowest BCUT2D eigenvalue weighted by Gasteiger charge is -2.24. The first-order valence-corrected chi connectivity index (χ1v) is 12.9. The Labute approximate surface area is 212 Å². The molecule has 1 N–H and O–H groups in total. The van der Waals surface area contributed by atoms with Gasteiger partial charge in [0.2, 0.25) is 5.91 Å². The SMILES string of the molecule is COc1ccc(S(=O)(=O)N(CC(=O)NCCOc2ccc(C)c(C)c2)c2ccc(C)cc2)cc1OC. The maximum absolute atomic E-state index is 13.6. The Kier molecular flexibility index (Phi) is 8.82. The molecule has 0 spiro atoms. The standard InChI is InChI=1S/C27H32N2O6S/c1-19-6-9-22(10-7-19)29(36(31,32)24-12-13-25(33-4)26(17-24)34-5)18-27(30)28-14-15-35-23-11-8-20(2)21(3)16-23/h6-13,16-17H,14-15,18H2,1-5H3,(H,28,30). The first-order valence-electron chi connectivity index (χ1n) is 11.4. The zero-order chi connectivity index (χ0) is 26.3. The van der Waals surface area contributed by atoms with E-state index in [1.54, 1.807) is 24.3 Å². The number of ether oxygens (including phenoxy) is 3. The third-order valence-electron chi connectivity index (χ3n) is 5.72. The number of aryl methyl sites for hydroxylation is 3. The summed E-state index contributed by atoms with van der Waals surface area (Å²) < 4.78 is 44.5. The Morgan fingerprint density at radius 1 is 0.861 bits per heavy atom. The Balaban J connectivity index is 1.75. The van der Waals surface area contributed by atoms with Gasteiger partial charge in [-0.05, 0) is 68.3 Å². The van der Waals surface area contributed by atoms with Gasteiger partial charge in [0.15, 0.2) is 11.5 Å². The number of nitrogens with zero attached hydrogens (tertiary/aromatic N) is 1. The minimum atomic E-state index is -4.10. The van der Waals surface area contributed by atoms with Crippen LogP contribution in [0.15, 0.2) is 65.6 Å². The van der Waals surface area contributed by atoms with Crippen LogP contribution in [-0.2, 0) is 14.8 Å². The Bertz CT molecular complexity index is 1310. The molecule has 0 heterocycles. The Morgan fingerprint density at radius 3 is 2.19 bits per heavy atom. The summed E-state index contributed by atoms with van der Waals surface area (Å²) >= 11 is 0. The van der Waals surface area contributed by atoms with Crippen LogP contribution in [0.25, 0.3) is 0 Å². The van der Waals surface area contributed by atoms with Gasteiger partial charge in [0.1, 0.15) is 18.9 Å². The fourth-order valence-electron chi connectivity index (χ4n) is 3.48. The number of amides is 1. The highest BCUT2D eigenvalue weighted by Crippen LogP contribution is 2.32. The van der Waals surface area contributed by atoms with Gasteiger partial charge in [-0.25, -0.2) is 8.42 Å². The van der Waals surface area contributed by atoms with Crippen molar-refractivity contribution in [1.29, 1.82) is 0 Å². The molecule has 0 saturated carbocycles. The summed E-state index contributed by atoms with van der Waals surface area (Å²) in [5, 5.41) is 2.74. The summed E-state index contributed by atoms with van der Waals surface area (Å²) in [5.41, 5.74) is 3.63. The lowest BCUT2D eigenvalue weighted by Crippen LogP contribution is -2.41. The second kappa shape index (κ2) is 11.8. The summed E-state index contributed by atoms with van der Waals surface area (Å²) in [6.07, 6.45) is 0. The van der Waals surface area contributed by atoms with Crippen molar-refractivity contribution >= 4 is 21.6 Å². The van der Waals surface area contributed by atoms with Gasteiger partial charge in [0.25, 0.3) is 10.0 Å². The molecule has 0 aliphatic carbocycles. The fourth-order valence-corrected chi connectivity index (χ4v) is 4.92. The first-order chi connectivity index (χ1) is 17.1. The van der Waals surface area contributed by atoms with E-state index >= 15 is 0 Å². The van der Waals surface area contributed by atoms with Crippen LogP contribution in [0.1, 0.15) is 16.7 Å². The number of rotatable bonds is 11. The number of sulfonamides is 1. The van der Waals surface area contributed by atoms with E-state index in [9.17, 15) is 13.2 Å². The average molecular weight is 513 g/mol. The van der Waals surface area contributed by atoms with Crippen molar-refractivity contribution in [2.75, 3.05) is 38.2 Å². The summed E-state index contributed by atoms with van der Waals surface area (Å²) in [4.78, 5) is 12.8. The lowest BCUT2D eigenvalue weighted by atomic mass is 10.1. The van der Waals surface area contributed by atoms with Gasteiger partial charge in [0.05, 0.1) is 31.3 Å². The van der Waals surface area contributed by atoms with Crippen molar-refractivity contribution in [3.63, 3.8) is 0 Å². The smallest absolute Gasteiger partial charge is 0.264 e. The zero-order valence-corrected chi connectivity index (χ0v) is 22.0. The van der Waals surface area contributed by atoms with E-state index in [4.69, 9.17) is 14.2 Å². The first kappa shape index (κ1) is 26.9. The maximum Gasteiger partial charge on any atom is 0.264 e. The van der Waals surface area contributed by atoms with E-state index in [1.165, 1.54) is 38.0 Å². The molecule has 3 aromatic carbocycles. The predicted molar refractivity (Wildman–Crippen MR) is 140 cm³/mol. The van der Waals surface area contributed by atoms with Gasteiger partial charge in [-0.3, -0.25) is 9.10 Å². The molecule has 0 aliphatic rings. The van der Waals surface area contributed by atoms with Crippen molar-refractivity contribution in [1.82, 2.24) is 5.32 Å². The minimum Gasteiger partial charge on any atom is -0.493 e. The van der Waals surface area contributed by atoms with Gasteiger partial charge in [0, 0.05) is 6.07 Å². The highest BCUT2D eigenvalue weighted by molar-refractivity contribution is 7.92. The quantitative estimate of drug-likeness (QED) is 0.390. The van der Waals surface area contributed by atoms with Crippen molar-refractivity contribution in [2.45, 2.75) is 25.7 Å². The molecule has 0 fully saturated rings. The predicted octanol–water partition coefficient (Wildman–Crippen LogP) is 4.02. The molecule has 8 nitrogen and oxygen atoms in total. The maximum atomic E-state index is 13.6. The van der Waals surface area contributed by atoms with Crippen LogP contribution in [0, 0.1) is 20.8 Å². The molecule has 3 rings (SSSR count). The normalized spacial score (nSPS) is 11.0. The third kappa shape index (κ3) is 6.48. The van der Waals surface area contributed by atoms with Crippen LogP contribution in [0.2, 0.25) is 0 Å². The molecule has 0 unspecified atom stereocenters. The van der Waals surface area contributed by atoms with Gasteiger partial charge in [-0.15, -0.1) is 0 Å². The topological polar surface area (TPSA) is 94.2 Å². The van der Waals surface area contributed by atoms with E-state index in [1.807, 2.05) is 39.0 Å². The fraction of sp³-hybridized carbons (Fsp3) is 0.296. The molecule has 0 bridgehead atoms. The van der Waals surface area contributed by atoms with Crippen LogP contribution < -0.4 is 23.8 Å². The number of carbonyl (C=O) groups excluding carboxylic acids is 1. The van der Waals surface area contributed by atoms with E-state index < -0.39 is 22.5 Å². The van der Waals surface area contributed by atoms with Gasteiger partial charge in [-0.2, -0.15) is 0 Å². The highest BCUT2D eigenvalue weighted by Gasteiger charge is 2.28. The van der Waals surface area contributed by atoms with Crippen LogP contribution in [0.4, 0.5) is 5.69 Å². The van der Waals surface area contributed by atoms with E-state index in [2.05, 4.69) is 5.32 Å². The molecule has 3 aromatic rings. The molecule has 0 saturated heterocycles. The number of carbonyl (C=O) groups is 1. The molecular formula is C27H32N2O6S. The number of anilines is 1. The summed E-state index contributed by atoms with van der Waals surface area (Å²) in [7, 11) is -1.20. The Hall–Kier alpha value is -3.72. The highest BCUT2D eigenvalue weighted by atomic mass is 32.2. The average Bonchev–Trinajstić information content (AvgIpc) is 2.87. The van der Waals surface area contributed by atoms with Crippen LogP contribution in [-0.4, -0.2) is 48.2 Å². The second-order valence-electron chi connectivity index (χ2n) is 8.31. The second-order valence-corrected chi connectivity index (χ2v) is 10.2. The lowest BCUT2D eigenvalue weighted by molar-refractivity contribution is -0.119. The van der Waals surface area contributed by atoms with Crippen molar-refractivity contribution in [2.24, 2.45) is 0 Å². The summed E-state index contributed by atoms with van der Waals surface area (Å²) in [6.45, 7) is 6.01. The number of benzene rings is 3. The van der Waals surface area contributed by atoms with E-state index in [0.717, 1.165) is 15.4 Å². The van der Waals surface area contributed by atoms with E-state index in [-0.39, 0.29) is 23.8 Å². The number of methoxy groups -OCH3 is 2. The van der Waals surface area contributed by atoms with Crippen molar-refractivity contribution < 1.29 is 27.4 Å². The van der Waals surface area contributed by atoms with Crippen molar-refractivity contribution in [3.05, 3.63) is 77.4 Å². The third-order valence-corrected chi connectivity index (χ3v) is 7.49. The van der Waals surface area contributed by atoms with Gasteiger partial charge in [-0.1, -0.05) is 23.8 Å². The Morgan fingerprint density at radius 2 is 1.56 bits per heavy atom. The molecule has 0 aromatic heterocycles. The molecule has 192 valence electrons. The van der Waals surface area contributed by atoms with Crippen molar-refractivity contribution in [3.8, 4) is 17.2 Å². The molecule has 1 amide bonds. The van der Waals surface area contributed by atoms with Crippen LogP contribution in [0.5, 0.6) is 17.2 Å². The molecule has 9 heteroatoms. The number of nitrogens with one attached hydrogen (secondary N) is 1. The monoisotopic (exact) mass is 512 g/mol. The number of hydrogen-bond acceptors (Lipinski definition) is 6. The molecule has 0 atom stereocenters. The number of hydrogen-bond donors (Lipinski definition) is 1. The molecule has 0 aliphatic heterocycles. The van der Waals surface area contributed by atoms with Gasteiger partial charge >= 0.3 is 0 Å².